The number of carboxylic acids is 2. The van der Waals surface area contributed by atoms with Crippen LogP contribution in [0.1, 0.15) is 71.6 Å². The molecule has 0 aromatic carbocycles. The zero-order chi connectivity index (χ0) is 15.2. The highest BCUT2D eigenvalue weighted by Gasteiger charge is 2.42. The minimum Gasteiger partial charge on any atom is -0.481 e. The molecule has 1 fully saturated rings. The predicted octanol–water partition coefficient (Wildman–Crippen LogP) is 3.94. The van der Waals surface area contributed by atoms with Crippen molar-refractivity contribution < 1.29 is 19.8 Å². The third-order valence-corrected chi connectivity index (χ3v) is 4.68. The molecule has 2 N–H and O–H groups in total. The molecule has 0 aromatic heterocycles. The van der Waals surface area contributed by atoms with Gasteiger partial charge in [0.1, 0.15) is 0 Å². The lowest BCUT2D eigenvalue weighted by molar-refractivity contribution is -0.156. The zero-order valence-electron chi connectivity index (χ0n) is 12.7. The minimum absolute atomic E-state index is 0.344. The van der Waals surface area contributed by atoms with Gasteiger partial charge in [-0.3, -0.25) is 9.59 Å². The summed E-state index contributed by atoms with van der Waals surface area (Å²) in [6, 6.07) is 0. The molecule has 4 heteroatoms. The van der Waals surface area contributed by atoms with Crippen LogP contribution >= 0.6 is 0 Å². The Balaban J connectivity index is 2.41. The summed E-state index contributed by atoms with van der Waals surface area (Å²) in [6.07, 6.45) is 7.12. The van der Waals surface area contributed by atoms with Crippen molar-refractivity contribution in [2.24, 2.45) is 17.3 Å². The standard InChI is InChI=1S/C16H28O4/c1-12(2)6-4-3-5-9-16(15(19)20)10-7-13(8-11-16)14(17)18/h12-13H,3-11H2,1-2H3,(H,17,18)(H,19,20). The number of carbonyl (C=O) groups is 2. The van der Waals surface area contributed by atoms with Gasteiger partial charge in [-0.05, 0) is 38.0 Å². The quantitative estimate of drug-likeness (QED) is 0.662. The first-order chi connectivity index (χ1) is 9.37. The molecular formula is C16H28O4. The van der Waals surface area contributed by atoms with E-state index in [2.05, 4.69) is 13.8 Å². The van der Waals surface area contributed by atoms with Crippen LogP contribution in [0, 0.1) is 17.3 Å². The van der Waals surface area contributed by atoms with Gasteiger partial charge in [0.2, 0.25) is 0 Å². The van der Waals surface area contributed by atoms with Gasteiger partial charge >= 0.3 is 11.9 Å². The van der Waals surface area contributed by atoms with E-state index < -0.39 is 17.4 Å². The van der Waals surface area contributed by atoms with Crippen molar-refractivity contribution in [3.63, 3.8) is 0 Å². The number of unbranched alkanes of at least 4 members (excludes halogenated alkanes) is 2. The number of hydrogen-bond acceptors (Lipinski definition) is 2. The predicted molar refractivity (Wildman–Crippen MR) is 77.6 cm³/mol. The van der Waals surface area contributed by atoms with E-state index in [1.807, 2.05) is 0 Å². The molecule has 0 aliphatic heterocycles. The highest BCUT2D eigenvalue weighted by Crippen LogP contribution is 2.43. The number of aliphatic carboxylic acids is 2. The average Bonchev–Trinajstić information content (AvgIpc) is 2.38. The Kier molecular flexibility index (Phi) is 6.50. The summed E-state index contributed by atoms with van der Waals surface area (Å²) in [5.41, 5.74) is -0.663. The third-order valence-electron chi connectivity index (χ3n) is 4.68. The SMILES string of the molecule is CC(C)CCCCCC1(C(=O)O)CCC(C(=O)O)CC1. The van der Waals surface area contributed by atoms with Crippen LogP contribution in [0.3, 0.4) is 0 Å². The van der Waals surface area contributed by atoms with E-state index in [-0.39, 0.29) is 5.92 Å². The van der Waals surface area contributed by atoms with Crippen LogP contribution < -0.4 is 0 Å². The van der Waals surface area contributed by atoms with Crippen molar-refractivity contribution in [2.45, 2.75) is 71.6 Å². The summed E-state index contributed by atoms with van der Waals surface area (Å²) in [7, 11) is 0. The summed E-state index contributed by atoms with van der Waals surface area (Å²) >= 11 is 0. The highest BCUT2D eigenvalue weighted by atomic mass is 16.4. The van der Waals surface area contributed by atoms with Gasteiger partial charge < -0.3 is 10.2 Å². The molecule has 1 saturated carbocycles. The second-order valence-corrected chi connectivity index (χ2v) is 6.69. The van der Waals surface area contributed by atoms with Gasteiger partial charge in [0.15, 0.2) is 0 Å². The first-order valence-electron chi connectivity index (χ1n) is 7.83. The van der Waals surface area contributed by atoms with Gasteiger partial charge in [0, 0.05) is 0 Å². The van der Waals surface area contributed by atoms with Crippen LogP contribution in [0.25, 0.3) is 0 Å². The Labute approximate surface area is 121 Å². The number of hydrogen-bond donors (Lipinski definition) is 2. The first-order valence-corrected chi connectivity index (χ1v) is 7.83. The van der Waals surface area contributed by atoms with Crippen LogP contribution in [-0.2, 0) is 9.59 Å². The van der Waals surface area contributed by atoms with Gasteiger partial charge in [0.05, 0.1) is 11.3 Å². The maximum absolute atomic E-state index is 11.6. The van der Waals surface area contributed by atoms with Crippen LogP contribution in [0.5, 0.6) is 0 Å². The molecule has 0 unspecified atom stereocenters. The van der Waals surface area contributed by atoms with Crippen molar-refractivity contribution in [3.8, 4) is 0 Å². The molecule has 1 rings (SSSR count). The second-order valence-electron chi connectivity index (χ2n) is 6.69. The molecule has 0 radical (unpaired) electrons. The lowest BCUT2D eigenvalue weighted by Gasteiger charge is -2.35. The van der Waals surface area contributed by atoms with E-state index in [9.17, 15) is 14.7 Å². The Hall–Kier alpha value is -1.06. The molecule has 0 atom stereocenters. The Bertz CT molecular complexity index is 327. The molecule has 0 amide bonds. The molecule has 4 nitrogen and oxygen atoms in total. The van der Waals surface area contributed by atoms with Gasteiger partial charge in [-0.2, -0.15) is 0 Å². The molecule has 116 valence electrons. The maximum atomic E-state index is 11.6. The maximum Gasteiger partial charge on any atom is 0.309 e. The van der Waals surface area contributed by atoms with E-state index >= 15 is 0 Å². The number of carboxylic acid groups (broad SMARTS) is 2. The summed E-state index contributed by atoms with van der Waals surface area (Å²) in [5, 5.41) is 18.5. The summed E-state index contributed by atoms with van der Waals surface area (Å²) in [4.78, 5) is 22.5. The smallest absolute Gasteiger partial charge is 0.309 e. The molecule has 0 heterocycles. The topological polar surface area (TPSA) is 74.6 Å². The fourth-order valence-corrected chi connectivity index (χ4v) is 3.18. The molecule has 0 bridgehead atoms. The Morgan fingerprint density at radius 1 is 1.10 bits per heavy atom. The van der Waals surface area contributed by atoms with E-state index in [4.69, 9.17) is 5.11 Å². The fourth-order valence-electron chi connectivity index (χ4n) is 3.18. The fraction of sp³-hybridized carbons (Fsp3) is 0.875. The summed E-state index contributed by atoms with van der Waals surface area (Å²) in [5.74, 6) is -1.15. The van der Waals surface area contributed by atoms with E-state index in [1.165, 1.54) is 6.42 Å². The molecule has 0 spiro atoms. The van der Waals surface area contributed by atoms with Crippen molar-refractivity contribution >= 4 is 11.9 Å². The van der Waals surface area contributed by atoms with Gasteiger partial charge in [0.25, 0.3) is 0 Å². The Morgan fingerprint density at radius 3 is 2.15 bits per heavy atom. The zero-order valence-corrected chi connectivity index (χ0v) is 12.7. The van der Waals surface area contributed by atoms with Crippen molar-refractivity contribution in [3.05, 3.63) is 0 Å². The minimum atomic E-state index is -0.777. The van der Waals surface area contributed by atoms with Crippen LogP contribution in [0.4, 0.5) is 0 Å². The monoisotopic (exact) mass is 284 g/mol. The first kappa shape index (κ1) is 17.0. The van der Waals surface area contributed by atoms with Crippen LogP contribution in [-0.4, -0.2) is 22.2 Å². The van der Waals surface area contributed by atoms with Gasteiger partial charge in [-0.25, -0.2) is 0 Å². The van der Waals surface area contributed by atoms with Crippen LogP contribution in [0.15, 0.2) is 0 Å². The molecular weight excluding hydrogens is 256 g/mol. The molecule has 0 aromatic rings. The Morgan fingerprint density at radius 2 is 1.70 bits per heavy atom. The van der Waals surface area contributed by atoms with Gasteiger partial charge in [-0.15, -0.1) is 0 Å². The summed E-state index contributed by atoms with van der Waals surface area (Å²) in [6.45, 7) is 4.40. The van der Waals surface area contributed by atoms with Crippen molar-refractivity contribution in [1.82, 2.24) is 0 Å². The van der Waals surface area contributed by atoms with E-state index in [0.717, 1.165) is 19.3 Å². The van der Waals surface area contributed by atoms with Crippen LogP contribution in [0.2, 0.25) is 0 Å². The van der Waals surface area contributed by atoms with Crippen molar-refractivity contribution in [1.29, 1.82) is 0 Å². The lowest BCUT2D eigenvalue weighted by atomic mass is 9.68. The largest absolute Gasteiger partial charge is 0.481 e. The lowest BCUT2D eigenvalue weighted by Crippen LogP contribution is -2.37. The highest BCUT2D eigenvalue weighted by molar-refractivity contribution is 5.76. The normalized spacial score (nSPS) is 26.6. The molecule has 0 saturated heterocycles. The molecule has 1 aliphatic carbocycles. The average molecular weight is 284 g/mol. The third kappa shape index (κ3) is 4.80. The molecule has 1 aliphatic rings. The van der Waals surface area contributed by atoms with E-state index in [1.54, 1.807) is 0 Å². The molecule has 20 heavy (non-hydrogen) atoms. The second kappa shape index (κ2) is 7.65. The van der Waals surface area contributed by atoms with Crippen molar-refractivity contribution in [2.75, 3.05) is 0 Å². The van der Waals surface area contributed by atoms with Gasteiger partial charge in [-0.1, -0.05) is 39.5 Å². The number of rotatable bonds is 8. The van der Waals surface area contributed by atoms with E-state index in [0.29, 0.717) is 38.0 Å². The summed E-state index contributed by atoms with van der Waals surface area (Å²) < 4.78 is 0.